The summed E-state index contributed by atoms with van der Waals surface area (Å²) in [5.41, 5.74) is 2.70. The number of halogens is 1. The van der Waals surface area contributed by atoms with Gasteiger partial charge in [-0.3, -0.25) is 4.72 Å². The maximum Gasteiger partial charge on any atom is 0.264 e. The molecule has 0 aromatic heterocycles. The van der Waals surface area contributed by atoms with Crippen LogP contribution in [0.25, 0.3) is 0 Å². The molecule has 0 aliphatic carbocycles. The third kappa shape index (κ3) is 5.95. The molecule has 8 heteroatoms. The number of nitrogens with one attached hydrogen (secondary N) is 3. The average molecular weight is 460 g/mol. The van der Waals surface area contributed by atoms with E-state index in [0.29, 0.717) is 28.1 Å². The van der Waals surface area contributed by atoms with Crippen LogP contribution in [0.4, 0.5) is 11.4 Å². The molecule has 5 nitrogen and oxygen atoms in total. The fourth-order valence-corrected chi connectivity index (χ4v) is 4.61. The van der Waals surface area contributed by atoms with Gasteiger partial charge >= 0.3 is 0 Å². The van der Waals surface area contributed by atoms with E-state index in [2.05, 4.69) is 15.4 Å². The van der Waals surface area contributed by atoms with Crippen molar-refractivity contribution >= 4 is 50.3 Å². The second kappa shape index (κ2) is 9.93. The van der Waals surface area contributed by atoms with Gasteiger partial charge < -0.3 is 10.6 Å². The molecule has 3 aromatic rings. The lowest BCUT2D eigenvalue weighted by atomic mass is 10.1. The summed E-state index contributed by atoms with van der Waals surface area (Å²) in [6, 6.07) is 21.8. The van der Waals surface area contributed by atoms with Crippen LogP contribution in [-0.4, -0.2) is 20.1 Å². The van der Waals surface area contributed by atoms with Crippen LogP contribution >= 0.6 is 23.8 Å². The van der Waals surface area contributed by atoms with E-state index in [1.165, 1.54) is 5.56 Å². The van der Waals surface area contributed by atoms with Crippen molar-refractivity contribution < 1.29 is 8.42 Å². The highest BCUT2D eigenvalue weighted by Gasteiger charge is 2.20. The Morgan fingerprint density at radius 2 is 1.67 bits per heavy atom. The third-order valence-corrected chi connectivity index (χ3v) is 6.32. The number of para-hydroxylation sites is 1. The van der Waals surface area contributed by atoms with E-state index in [4.69, 9.17) is 23.8 Å². The Kier molecular flexibility index (Phi) is 7.31. The van der Waals surface area contributed by atoms with Crippen LogP contribution in [0.15, 0.2) is 77.7 Å². The molecule has 0 saturated heterocycles. The molecule has 3 N–H and O–H groups in total. The Bertz CT molecular complexity index is 1140. The zero-order chi connectivity index (χ0) is 21.6. The third-order valence-electron chi connectivity index (χ3n) is 4.34. The first kappa shape index (κ1) is 22.1. The predicted octanol–water partition coefficient (Wildman–Crippen LogP) is 4.98. The average Bonchev–Trinajstić information content (AvgIpc) is 2.72. The highest BCUT2D eigenvalue weighted by Crippen LogP contribution is 2.28. The maximum atomic E-state index is 13.0. The van der Waals surface area contributed by atoms with Gasteiger partial charge in [0, 0.05) is 6.54 Å². The summed E-state index contributed by atoms with van der Waals surface area (Å²) in [5.74, 6) is 0. The second-order valence-electron chi connectivity index (χ2n) is 6.70. The maximum absolute atomic E-state index is 13.0. The zero-order valence-electron chi connectivity index (χ0n) is 16.4. The first-order valence-corrected chi connectivity index (χ1v) is 11.6. The van der Waals surface area contributed by atoms with Crippen molar-refractivity contribution in [2.75, 3.05) is 16.6 Å². The number of anilines is 2. The van der Waals surface area contributed by atoms with Crippen molar-refractivity contribution in [1.29, 1.82) is 0 Å². The van der Waals surface area contributed by atoms with Crippen molar-refractivity contribution in [2.24, 2.45) is 0 Å². The topological polar surface area (TPSA) is 70.2 Å². The van der Waals surface area contributed by atoms with E-state index in [1.807, 2.05) is 43.3 Å². The van der Waals surface area contributed by atoms with Crippen LogP contribution in [0.2, 0.25) is 5.02 Å². The number of aryl methyl sites for hydroxylation is 1. The molecule has 0 aliphatic heterocycles. The summed E-state index contributed by atoms with van der Waals surface area (Å²) >= 11 is 11.5. The first-order chi connectivity index (χ1) is 14.3. The minimum Gasteiger partial charge on any atom is -0.362 e. The Morgan fingerprint density at radius 1 is 0.967 bits per heavy atom. The second-order valence-corrected chi connectivity index (χ2v) is 9.17. The summed E-state index contributed by atoms with van der Waals surface area (Å²) in [6.07, 6.45) is 0.801. The van der Waals surface area contributed by atoms with Crippen molar-refractivity contribution in [3.63, 3.8) is 0 Å². The molecule has 0 spiro atoms. The fourth-order valence-electron chi connectivity index (χ4n) is 2.83. The largest absolute Gasteiger partial charge is 0.362 e. The molecule has 0 heterocycles. The molecular formula is C22H22ClN3O2S2. The first-order valence-electron chi connectivity index (χ1n) is 9.32. The van der Waals surface area contributed by atoms with Gasteiger partial charge in [-0.2, -0.15) is 0 Å². The van der Waals surface area contributed by atoms with E-state index in [-0.39, 0.29) is 4.90 Å². The van der Waals surface area contributed by atoms with Crippen LogP contribution in [-0.2, 0) is 16.4 Å². The number of benzene rings is 3. The highest BCUT2D eigenvalue weighted by molar-refractivity contribution is 7.93. The number of thiocarbonyl (C=S) groups is 1. The van der Waals surface area contributed by atoms with Gasteiger partial charge in [0.15, 0.2) is 5.11 Å². The quantitative estimate of drug-likeness (QED) is 0.435. The van der Waals surface area contributed by atoms with Gasteiger partial charge in [-0.15, -0.1) is 0 Å². The van der Waals surface area contributed by atoms with Crippen molar-refractivity contribution in [3.05, 3.63) is 88.9 Å². The fraction of sp³-hybridized carbons (Fsp3) is 0.136. The van der Waals surface area contributed by atoms with Gasteiger partial charge in [-0.25, -0.2) is 8.42 Å². The van der Waals surface area contributed by atoms with Gasteiger partial charge in [0.25, 0.3) is 10.0 Å². The molecular weight excluding hydrogens is 438 g/mol. The molecule has 0 saturated carbocycles. The van der Waals surface area contributed by atoms with Gasteiger partial charge in [0.1, 0.15) is 4.90 Å². The summed E-state index contributed by atoms with van der Waals surface area (Å²) in [7, 11) is -3.88. The number of hydrogen-bond acceptors (Lipinski definition) is 3. The predicted molar refractivity (Wildman–Crippen MR) is 128 cm³/mol. The zero-order valence-corrected chi connectivity index (χ0v) is 18.7. The van der Waals surface area contributed by atoms with Crippen molar-refractivity contribution in [2.45, 2.75) is 18.2 Å². The van der Waals surface area contributed by atoms with Gasteiger partial charge in [-0.1, -0.05) is 60.1 Å². The number of hydrogen-bond donors (Lipinski definition) is 3. The smallest absolute Gasteiger partial charge is 0.264 e. The van der Waals surface area contributed by atoms with Crippen LogP contribution < -0.4 is 15.4 Å². The molecule has 0 atom stereocenters. The molecule has 3 aromatic carbocycles. The lowest BCUT2D eigenvalue weighted by Crippen LogP contribution is -2.31. The Hall–Kier alpha value is -2.61. The molecule has 0 radical (unpaired) electrons. The monoisotopic (exact) mass is 459 g/mol. The van der Waals surface area contributed by atoms with Gasteiger partial charge in [0.05, 0.1) is 16.4 Å². The van der Waals surface area contributed by atoms with Crippen LogP contribution in [0, 0.1) is 6.92 Å². The Labute approximate surface area is 187 Å². The molecule has 3 rings (SSSR count). The van der Waals surface area contributed by atoms with Crippen molar-refractivity contribution in [3.8, 4) is 0 Å². The van der Waals surface area contributed by atoms with E-state index in [9.17, 15) is 8.42 Å². The molecule has 0 amide bonds. The number of sulfonamides is 1. The summed E-state index contributed by atoms with van der Waals surface area (Å²) < 4.78 is 28.6. The summed E-state index contributed by atoms with van der Waals surface area (Å²) in [6.45, 7) is 2.45. The normalized spacial score (nSPS) is 11.0. The van der Waals surface area contributed by atoms with Gasteiger partial charge in [0.2, 0.25) is 0 Å². The molecule has 30 heavy (non-hydrogen) atoms. The van der Waals surface area contributed by atoms with Gasteiger partial charge in [-0.05, 0) is 61.0 Å². The molecule has 0 aliphatic rings. The van der Waals surface area contributed by atoms with Crippen LogP contribution in [0.5, 0.6) is 0 Å². The van der Waals surface area contributed by atoms with Crippen LogP contribution in [0.1, 0.15) is 11.1 Å². The van der Waals surface area contributed by atoms with E-state index < -0.39 is 10.0 Å². The minimum absolute atomic E-state index is 0.0922. The molecule has 0 unspecified atom stereocenters. The lowest BCUT2D eigenvalue weighted by Gasteiger charge is -2.16. The van der Waals surface area contributed by atoms with E-state index >= 15 is 0 Å². The Balaban J connectivity index is 1.73. The molecule has 0 bridgehead atoms. The number of rotatable bonds is 7. The van der Waals surface area contributed by atoms with Crippen LogP contribution in [0.3, 0.4) is 0 Å². The SMILES string of the molecule is Cc1ccc(NC(=S)NCCc2ccccc2)c(S(=O)(=O)Nc2ccccc2Cl)c1. The highest BCUT2D eigenvalue weighted by atomic mass is 35.5. The summed E-state index contributed by atoms with van der Waals surface area (Å²) in [5, 5.41) is 6.79. The van der Waals surface area contributed by atoms with E-state index in [0.717, 1.165) is 12.0 Å². The van der Waals surface area contributed by atoms with E-state index in [1.54, 1.807) is 36.4 Å². The summed E-state index contributed by atoms with van der Waals surface area (Å²) in [4.78, 5) is 0.0922. The van der Waals surface area contributed by atoms with Crippen molar-refractivity contribution in [1.82, 2.24) is 5.32 Å². The standard InChI is InChI=1S/C22H22ClN3O2S2/c1-16-11-12-20(25-22(29)24-14-13-17-7-3-2-4-8-17)21(15-16)30(27,28)26-19-10-6-5-9-18(19)23/h2-12,15,26H,13-14H2,1H3,(H2,24,25,29). The minimum atomic E-state index is -3.88. The Morgan fingerprint density at radius 3 is 2.40 bits per heavy atom. The molecule has 156 valence electrons. The molecule has 0 fully saturated rings. The lowest BCUT2D eigenvalue weighted by molar-refractivity contribution is 0.601.